The van der Waals surface area contributed by atoms with E-state index in [-0.39, 0.29) is 12.1 Å². The number of carbonyl (C=O) groups excluding carboxylic acids is 1. The zero-order valence-electron chi connectivity index (χ0n) is 8.56. The third-order valence-electron chi connectivity index (χ3n) is 2.16. The molecule has 0 saturated carbocycles. The minimum Gasteiger partial charge on any atom is -0.449 e. The fraction of sp³-hybridized carbons (Fsp3) is 0.778. The first-order chi connectivity index (χ1) is 6.65. The van der Waals surface area contributed by atoms with E-state index in [2.05, 4.69) is 6.07 Å². The summed E-state index contributed by atoms with van der Waals surface area (Å²) in [6.07, 6.45) is 0.236. The normalized spacial score (nSPS) is 22.0. The van der Waals surface area contributed by atoms with Gasteiger partial charge < -0.3 is 9.64 Å². The van der Waals surface area contributed by atoms with Crippen molar-refractivity contribution in [2.24, 2.45) is 0 Å². The highest BCUT2D eigenvalue weighted by molar-refractivity contribution is 5.69. The molecule has 0 radical (unpaired) electrons. The Bertz CT molecular complexity index is 247. The molecule has 1 fully saturated rings. The zero-order valence-corrected chi connectivity index (χ0v) is 8.56. The van der Waals surface area contributed by atoms with E-state index in [0.29, 0.717) is 19.6 Å². The first kappa shape index (κ1) is 10.8. The first-order valence-electron chi connectivity index (χ1n) is 4.63. The van der Waals surface area contributed by atoms with Crippen LogP contribution in [0.15, 0.2) is 0 Å². The van der Waals surface area contributed by atoms with E-state index in [1.54, 1.807) is 0 Å². The maximum atomic E-state index is 11.3. The summed E-state index contributed by atoms with van der Waals surface area (Å²) in [6.45, 7) is 1.65. The van der Waals surface area contributed by atoms with Gasteiger partial charge in [-0.25, -0.2) is 4.79 Å². The molecule has 0 spiro atoms. The lowest BCUT2D eigenvalue weighted by Gasteiger charge is -2.31. The number of nitrogens with zero attached hydrogens (tertiary/aromatic N) is 3. The Balaban J connectivity index is 2.52. The molecule has 0 bridgehead atoms. The van der Waals surface area contributed by atoms with Crippen LogP contribution in [0, 0.1) is 11.3 Å². The second kappa shape index (κ2) is 4.82. The standard InChI is InChI=1S/C9H15N3O2/c1-11(2)4-5-12-8(7-10)3-6-14-9(12)13/h8H,3-6H2,1-2H3. The number of amides is 1. The molecule has 1 unspecified atom stereocenters. The van der Waals surface area contributed by atoms with Gasteiger partial charge in [-0.05, 0) is 14.1 Å². The lowest BCUT2D eigenvalue weighted by molar-refractivity contribution is 0.0554. The van der Waals surface area contributed by atoms with E-state index in [1.807, 2.05) is 19.0 Å². The van der Waals surface area contributed by atoms with Crippen LogP contribution < -0.4 is 0 Å². The number of nitriles is 1. The summed E-state index contributed by atoms with van der Waals surface area (Å²) >= 11 is 0. The first-order valence-corrected chi connectivity index (χ1v) is 4.63. The van der Waals surface area contributed by atoms with Gasteiger partial charge in [0.1, 0.15) is 6.04 Å². The van der Waals surface area contributed by atoms with Crippen molar-refractivity contribution in [3.8, 4) is 6.07 Å². The summed E-state index contributed by atoms with van der Waals surface area (Å²) in [5, 5.41) is 8.83. The van der Waals surface area contributed by atoms with E-state index in [1.165, 1.54) is 4.90 Å². The summed E-state index contributed by atoms with van der Waals surface area (Å²) < 4.78 is 4.87. The minimum atomic E-state index is -0.371. The molecule has 5 nitrogen and oxygen atoms in total. The maximum absolute atomic E-state index is 11.3. The minimum absolute atomic E-state index is 0.323. The highest BCUT2D eigenvalue weighted by atomic mass is 16.6. The van der Waals surface area contributed by atoms with Gasteiger partial charge in [0.2, 0.25) is 0 Å². The molecule has 0 aromatic heterocycles. The average molecular weight is 197 g/mol. The summed E-state index contributed by atoms with van der Waals surface area (Å²) in [6, 6.07) is 1.79. The Morgan fingerprint density at radius 1 is 1.71 bits per heavy atom. The number of rotatable bonds is 3. The van der Waals surface area contributed by atoms with Crippen LogP contribution in [0.1, 0.15) is 6.42 Å². The molecule has 1 heterocycles. The summed E-state index contributed by atoms with van der Waals surface area (Å²) in [4.78, 5) is 14.8. The highest BCUT2D eigenvalue weighted by Gasteiger charge is 2.28. The van der Waals surface area contributed by atoms with Crippen LogP contribution in [-0.4, -0.2) is 55.7 Å². The van der Waals surface area contributed by atoms with Gasteiger partial charge in [0.05, 0.1) is 12.7 Å². The van der Waals surface area contributed by atoms with E-state index in [4.69, 9.17) is 10.00 Å². The lowest BCUT2D eigenvalue weighted by atomic mass is 10.2. The number of ether oxygens (including phenoxy) is 1. The largest absolute Gasteiger partial charge is 0.449 e. The van der Waals surface area contributed by atoms with Gasteiger partial charge in [0.25, 0.3) is 0 Å². The van der Waals surface area contributed by atoms with Crippen molar-refractivity contribution in [3.05, 3.63) is 0 Å². The van der Waals surface area contributed by atoms with Crippen molar-refractivity contribution in [2.75, 3.05) is 33.8 Å². The topological polar surface area (TPSA) is 56.6 Å². The van der Waals surface area contributed by atoms with Gasteiger partial charge in [-0.2, -0.15) is 5.26 Å². The molecule has 1 amide bonds. The van der Waals surface area contributed by atoms with Crippen LogP contribution in [0.5, 0.6) is 0 Å². The Labute approximate surface area is 83.8 Å². The molecule has 14 heavy (non-hydrogen) atoms. The zero-order chi connectivity index (χ0) is 10.6. The molecule has 0 aromatic carbocycles. The highest BCUT2D eigenvalue weighted by Crippen LogP contribution is 2.12. The predicted octanol–water partition coefficient (Wildman–Crippen LogP) is 0.282. The number of carbonyl (C=O) groups is 1. The lowest BCUT2D eigenvalue weighted by Crippen LogP contribution is -2.47. The van der Waals surface area contributed by atoms with Crippen LogP contribution in [-0.2, 0) is 4.74 Å². The molecule has 5 heteroatoms. The Morgan fingerprint density at radius 2 is 2.43 bits per heavy atom. The van der Waals surface area contributed by atoms with Crippen molar-refractivity contribution < 1.29 is 9.53 Å². The smallest absolute Gasteiger partial charge is 0.410 e. The van der Waals surface area contributed by atoms with Crippen LogP contribution >= 0.6 is 0 Å². The molecular weight excluding hydrogens is 182 g/mol. The van der Waals surface area contributed by atoms with Gasteiger partial charge in [-0.1, -0.05) is 0 Å². The summed E-state index contributed by atoms with van der Waals surface area (Å²) in [5.41, 5.74) is 0. The van der Waals surface area contributed by atoms with Crippen LogP contribution in [0.4, 0.5) is 4.79 Å². The molecule has 1 atom stereocenters. The molecule has 1 saturated heterocycles. The van der Waals surface area contributed by atoms with Gasteiger partial charge >= 0.3 is 6.09 Å². The molecule has 0 aromatic rings. The number of hydrogen-bond donors (Lipinski definition) is 0. The number of likely N-dealkylation sites (N-methyl/N-ethyl adjacent to an activating group) is 1. The molecule has 78 valence electrons. The van der Waals surface area contributed by atoms with E-state index in [0.717, 1.165) is 6.54 Å². The number of cyclic esters (lactones) is 1. The van der Waals surface area contributed by atoms with E-state index < -0.39 is 0 Å². The Morgan fingerprint density at radius 3 is 3.00 bits per heavy atom. The van der Waals surface area contributed by atoms with Crippen molar-refractivity contribution >= 4 is 6.09 Å². The molecule has 1 aliphatic heterocycles. The summed E-state index contributed by atoms with van der Waals surface area (Å²) in [5.74, 6) is 0. The average Bonchev–Trinajstić information content (AvgIpc) is 2.15. The maximum Gasteiger partial charge on any atom is 0.410 e. The van der Waals surface area contributed by atoms with Crippen LogP contribution in [0.3, 0.4) is 0 Å². The quantitative estimate of drug-likeness (QED) is 0.652. The molecule has 0 aliphatic carbocycles. The molecule has 1 aliphatic rings. The SMILES string of the molecule is CN(C)CCN1C(=O)OCCC1C#N. The van der Waals surface area contributed by atoms with Crippen molar-refractivity contribution in [2.45, 2.75) is 12.5 Å². The third kappa shape index (κ3) is 2.60. The van der Waals surface area contributed by atoms with Crippen molar-refractivity contribution in [3.63, 3.8) is 0 Å². The fourth-order valence-electron chi connectivity index (χ4n) is 1.31. The second-order valence-corrected chi connectivity index (χ2v) is 3.54. The van der Waals surface area contributed by atoms with Crippen molar-refractivity contribution in [1.82, 2.24) is 9.80 Å². The van der Waals surface area contributed by atoms with Gasteiger partial charge in [0, 0.05) is 19.5 Å². The second-order valence-electron chi connectivity index (χ2n) is 3.54. The van der Waals surface area contributed by atoms with Crippen LogP contribution in [0.25, 0.3) is 0 Å². The monoisotopic (exact) mass is 197 g/mol. The molecule has 0 N–H and O–H groups in total. The molecular formula is C9H15N3O2. The fourth-order valence-corrected chi connectivity index (χ4v) is 1.31. The van der Waals surface area contributed by atoms with Gasteiger partial charge in [-0.3, -0.25) is 4.90 Å². The molecule has 1 rings (SSSR count). The Kier molecular flexibility index (Phi) is 3.72. The Hall–Kier alpha value is -1.28. The van der Waals surface area contributed by atoms with Gasteiger partial charge in [-0.15, -0.1) is 0 Å². The third-order valence-corrected chi connectivity index (χ3v) is 2.16. The number of hydrogen-bond acceptors (Lipinski definition) is 4. The van der Waals surface area contributed by atoms with E-state index >= 15 is 0 Å². The van der Waals surface area contributed by atoms with Gasteiger partial charge in [0.15, 0.2) is 0 Å². The van der Waals surface area contributed by atoms with Crippen LogP contribution in [0.2, 0.25) is 0 Å². The predicted molar refractivity (Wildman–Crippen MR) is 50.6 cm³/mol. The van der Waals surface area contributed by atoms with Crippen molar-refractivity contribution in [1.29, 1.82) is 5.26 Å². The summed E-state index contributed by atoms with van der Waals surface area (Å²) in [7, 11) is 3.85. The van der Waals surface area contributed by atoms with E-state index in [9.17, 15) is 4.79 Å².